The molecule has 3 aromatic rings. The van der Waals surface area contributed by atoms with Crippen LogP contribution >= 0.6 is 11.6 Å². The number of rotatable bonds is 9. The van der Waals surface area contributed by atoms with Crippen LogP contribution in [0, 0.1) is 0 Å². The first-order chi connectivity index (χ1) is 15.2. The van der Waals surface area contributed by atoms with Gasteiger partial charge in [0.15, 0.2) is 0 Å². The van der Waals surface area contributed by atoms with Crippen LogP contribution in [0.1, 0.15) is 11.5 Å². The molecule has 0 fully saturated rings. The van der Waals surface area contributed by atoms with E-state index in [9.17, 15) is 13.2 Å². The van der Waals surface area contributed by atoms with Crippen molar-refractivity contribution in [1.29, 1.82) is 0 Å². The first kappa shape index (κ1) is 23.7. The maximum Gasteiger partial charge on any atom is 0.246 e. The molecule has 0 atom stereocenters. The Kier molecular flexibility index (Phi) is 7.49. The second-order valence-electron chi connectivity index (χ2n) is 7.12. The Hall–Kier alpha value is -2.95. The molecule has 0 saturated carbocycles. The lowest BCUT2D eigenvalue weighted by Gasteiger charge is -2.23. The number of hydrogen-bond acceptors (Lipinski definition) is 7. The summed E-state index contributed by atoms with van der Waals surface area (Å²) < 4.78 is 36.0. The number of aromatic nitrogens is 2. The van der Waals surface area contributed by atoms with Gasteiger partial charge in [0.25, 0.3) is 0 Å². The van der Waals surface area contributed by atoms with Gasteiger partial charge in [0.2, 0.25) is 27.6 Å². The molecule has 0 radical (unpaired) electrons. The van der Waals surface area contributed by atoms with Crippen LogP contribution in [0.25, 0.3) is 11.4 Å². The summed E-state index contributed by atoms with van der Waals surface area (Å²) in [5.74, 6) is 0.802. The monoisotopic (exact) mass is 478 g/mol. The second kappa shape index (κ2) is 10.1. The predicted molar refractivity (Wildman–Crippen MR) is 119 cm³/mol. The van der Waals surface area contributed by atoms with Crippen LogP contribution < -0.4 is 4.74 Å². The predicted octanol–water partition coefficient (Wildman–Crippen LogP) is 2.82. The van der Waals surface area contributed by atoms with Crippen LogP contribution in [-0.4, -0.2) is 60.6 Å². The molecule has 0 N–H and O–H groups in total. The van der Waals surface area contributed by atoms with Crippen molar-refractivity contribution in [2.75, 3.05) is 27.0 Å². The molecule has 0 bridgehead atoms. The third kappa shape index (κ3) is 6.06. The van der Waals surface area contributed by atoms with Gasteiger partial charge in [-0.05, 0) is 23.8 Å². The van der Waals surface area contributed by atoms with Gasteiger partial charge in [-0.2, -0.15) is 9.29 Å². The Morgan fingerprint density at radius 3 is 2.59 bits per heavy atom. The number of hydrogen-bond donors (Lipinski definition) is 0. The Balaban J connectivity index is 1.68. The molecule has 32 heavy (non-hydrogen) atoms. The quantitative estimate of drug-likeness (QED) is 0.465. The van der Waals surface area contributed by atoms with Crippen molar-refractivity contribution in [2.24, 2.45) is 0 Å². The lowest BCUT2D eigenvalue weighted by Crippen LogP contribution is -2.40. The molecule has 2 aromatic carbocycles. The molecule has 1 heterocycles. The van der Waals surface area contributed by atoms with E-state index in [0.29, 0.717) is 27.7 Å². The zero-order valence-corrected chi connectivity index (χ0v) is 19.4. The zero-order valence-electron chi connectivity index (χ0n) is 17.9. The number of carbonyl (C=O) groups is 1. The number of ether oxygens (including phenoxy) is 1. The van der Waals surface area contributed by atoms with Crippen molar-refractivity contribution >= 4 is 27.5 Å². The molecule has 0 unspecified atom stereocenters. The first-order valence-electron chi connectivity index (χ1n) is 9.57. The number of nitrogens with zero attached hydrogens (tertiary/aromatic N) is 4. The molecule has 9 nitrogen and oxygen atoms in total. The van der Waals surface area contributed by atoms with Crippen LogP contribution in [0.2, 0.25) is 5.02 Å². The molecular formula is C21H23ClN4O5S. The summed E-state index contributed by atoms with van der Waals surface area (Å²) >= 11 is 6.14. The summed E-state index contributed by atoms with van der Waals surface area (Å²) in [5, 5.41) is 4.37. The van der Waals surface area contributed by atoms with Gasteiger partial charge in [0.1, 0.15) is 5.75 Å². The largest absolute Gasteiger partial charge is 0.497 e. The molecule has 11 heteroatoms. The van der Waals surface area contributed by atoms with Gasteiger partial charge in [-0.15, -0.1) is 0 Å². The van der Waals surface area contributed by atoms with E-state index in [0.717, 1.165) is 10.6 Å². The van der Waals surface area contributed by atoms with E-state index in [1.165, 1.54) is 11.9 Å². The third-order valence-electron chi connectivity index (χ3n) is 4.68. The van der Waals surface area contributed by atoms with Gasteiger partial charge in [-0.25, -0.2) is 8.42 Å². The number of sulfonamides is 1. The Labute approximate surface area is 191 Å². The number of halogens is 1. The van der Waals surface area contributed by atoms with Gasteiger partial charge in [-0.1, -0.05) is 47.1 Å². The van der Waals surface area contributed by atoms with Crippen molar-refractivity contribution < 1.29 is 22.5 Å². The Morgan fingerprint density at radius 2 is 1.91 bits per heavy atom. The highest BCUT2D eigenvalue weighted by Gasteiger charge is 2.24. The van der Waals surface area contributed by atoms with Crippen LogP contribution in [0.5, 0.6) is 5.75 Å². The molecule has 0 spiro atoms. The Morgan fingerprint density at radius 1 is 1.16 bits per heavy atom. The summed E-state index contributed by atoms with van der Waals surface area (Å²) in [6.45, 7) is -0.338. The fraction of sp³-hybridized carbons (Fsp3) is 0.286. The summed E-state index contributed by atoms with van der Waals surface area (Å²) in [6.07, 6.45) is 1.05. The standard InChI is InChI=1S/C21H23ClN4O5S/c1-25(13-19-23-21(24-31-19)15-8-6-9-17(11-15)30-2)20(27)14-26(32(3,28)29)12-16-7-4-5-10-18(16)22/h4-11H,12-14H2,1-3H3. The minimum Gasteiger partial charge on any atom is -0.497 e. The van der Waals surface area contributed by atoms with Crippen LogP contribution in [0.4, 0.5) is 0 Å². The topological polar surface area (TPSA) is 106 Å². The van der Waals surface area contributed by atoms with E-state index in [4.69, 9.17) is 20.9 Å². The number of carbonyl (C=O) groups excluding carboxylic acids is 1. The average Bonchev–Trinajstić information content (AvgIpc) is 3.22. The van der Waals surface area contributed by atoms with Gasteiger partial charge in [-0.3, -0.25) is 4.79 Å². The van der Waals surface area contributed by atoms with Crippen LogP contribution in [0.3, 0.4) is 0 Å². The van der Waals surface area contributed by atoms with Crippen LogP contribution in [0.15, 0.2) is 53.1 Å². The van der Waals surface area contributed by atoms with E-state index >= 15 is 0 Å². The number of amides is 1. The second-order valence-corrected chi connectivity index (χ2v) is 9.51. The lowest BCUT2D eigenvalue weighted by atomic mass is 10.2. The van der Waals surface area contributed by atoms with Crippen molar-refractivity contribution in [3.8, 4) is 17.1 Å². The maximum absolute atomic E-state index is 12.7. The minimum absolute atomic E-state index is 0.0152. The average molecular weight is 479 g/mol. The highest BCUT2D eigenvalue weighted by Crippen LogP contribution is 2.22. The van der Waals surface area contributed by atoms with Crippen molar-refractivity contribution in [3.05, 3.63) is 65.0 Å². The summed E-state index contributed by atoms with van der Waals surface area (Å²) in [7, 11) is -0.558. The van der Waals surface area contributed by atoms with Gasteiger partial charge in [0.05, 0.1) is 26.5 Å². The molecule has 0 saturated heterocycles. The summed E-state index contributed by atoms with van der Waals surface area (Å²) in [5.41, 5.74) is 1.31. The van der Waals surface area contributed by atoms with E-state index in [2.05, 4.69) is 10.1 Å². The normalized spacial score (nSPS) is 11.5. The molecule has 0 aliphatic carbocycles. The summed E-state index contributed by atoms with van der Waals surface area (Å²) in [4.78, 5) is 18.4. The fourth-order valence-corrected chi connectivity index (χ4v) is 3.78. The van der Waals surface area contributed by atoms with Crippen molar-refractivity contribution in [1.82, 2.24) is 19.3 Å². The van der Waals surface area contributed by atoms with E-state index in [-0.39, 0.29) is 25.5 Å². The van der Waals surface area contributed by atoms with Gasteiger partial charge < -0.3 is 14.2 Å². The van der Waals surface area contributed by atoms with E-state index in [1.54, 1.807) is 49.6 Å². The smallest absolute Gasteiger partial charge is 0.246 e. The number of benzene rings is 2. The van der Waals surface area contributed by atoms with Crippen molar-refractivity contribution in [3.63, 3.8) is 0 Å². The Bertz CT molecular complexity index is 1200. The van der Waals surface area contributed by atoms with Gasteiger partial charge in [0, 0.05) is 24.2 Å². The molecule has 170 valence electrons. The minimum atomic E-state index is -3.66. The molecule has 0 aliphatic heterocycles. The molecule has 1 amide bonds. The molecule has 3 rings (SSSR count). The fourth-order valence-electron chi connectivity index (χ4n) is 2.87. The maximum atomic E-state index is 12.7. The highest BCUT2D eigenvalue weighted by atomic mass is 35.5. The molecule has 0 aliphatic rings. The SMILES string of the molecule is COc1cccc(-c2noc(CN(C)C(=O)CN(Cc3ccccc3Cl)S(C)(=O)=O)n2)c1. The summed E-state index contributed by atoms with van der Waals surface area (Å²) in [6, 6.07) is 14.1. The number of likely N-dealkylation sites (N-methyl/N-ethyl adjacent to an activating group) is 1. The zero-order chi connectivity index (χ0) is 23.3. The van der Waals surface area contributed by atoms with E-state index in [1.807, 2.05) is 6.07 Å². The molecular weight excluding hydrogens is 456 g/mol. The number of methoxy groups -OCH3 is 1. The van der Waals surface area contributed by atoms with Crippen LogP contribution in [-0.2, 0) is 27.9 Å². The first-order valence-corrected chi connectivity index (χ1v) is 11.8. The lowest BCUT2D eigenvalue weighted by molar-refractivity contribution is -0.131. The molecule has 1 aromatic heterocycles. The van der Waals surface area contributed by atoms with Crippen molar-refractivity contribution in [2.45, 2.75) is 13.1 Å². The third-order valence-corrected chi connectivity index (χ3v) is 6.24. The van der Waals surface area contributed by atoms with Gasteiger partial charge >= 0.3 is 0 Å². The van der Waals surface area contributed by atoms with E-state index < -0.39 is 15.9 Å². The highest BCUT2D eigenvalue weighted by molar-refractivity contribution is 7.88.